The molecule has 0 aromatic carbocycles. The molecule has 2 amide bonds. The molecule has 0 atom stereocenters. The van der Waals surface area contributed by atoms with Crippen molar-refractivity contribution < 1.29 is 37.4 Å². The lowest BCUT2D eigenvalue weighted by Gasteiger charge is -2.03. The Morgan fingerprint density at radius 1 is 1.21 bits per heavy atom. The molecule has 13 heteroatoms. The van der Waals surface area contributed by atoms with E-state index in [4.69, 9.17) is 17.0 Å². The lowest BCUT2D eigenvalue weighted by Crippen LogP contribution is -3.00. The Morgan fingerprint density at radius 3 is 2.39 bits per heavy atom. The Balaban J connectivity index is 0.00000512. The number of rotatable bonds is 7. The summed E-state index contributed by atoms with van der Waals surface area (Å²) < 4.78 is 33.5. The highest BCUT2D eigenvalue weighted by Crippen LogP contribution is 2.18. The summed E-state index contributed by atoms with van der Waals surface area (Å²) in [5.74, 6) is -2.23. The summed E-state index contributed by atoms with van der Waals surface area (Å²) in [6.45, 7) is -5.74. The van der Waals surface area contributed by atoms with Crippen molar-refractivity contribution in [2.24, 2.45) is 25.6 Å². The Hall–Kier alpha value is -3.54. The average molecular weight is 417 g/mol. The highest BCUT2D eigenvalue weighted by Gasteiger charge is 2.19. The summed E-state index contributed by atoms with van der Waals surface area (Å²) in [6.07, 6.45) is 2.53. The topological polar surface area (TPSA) is 177 Å². The molecule has 0 aliphatic rings. The van der Waals surface area contributed by atoms with Gasteiger partial charge in [0.15, 0.2) is 0 Å². The third-order valence-electron chi connectivity index (χ3n) is 3.37. The van der Waals surface area contributed by atoms with Crippen LogP contribution in [-0.2, 0) is 14.1 Å². The summed E-state index contributed by atoms with van der Waals surface area (Å²) >= 11 is 0. The molecule has 0 aliphatic heterocycles. The van der Waals surface area contributed by atoms with E-state index in [0.29, 0.717) is 0 Å². The molecule has 0 saturated carbocycles. The molecule has 2 rings (SSSR count). The number of hydrogen-bond donors (Lipinski definition) is 5. The van der Waals surface area contributed by atoms with Crippen LogP contribution in [0.25, 0.3) is 0 Å². The fraction of sp³-hybridized carbons (Fsp3) is 0.267. The second-order valence-electron chi connectivity index (χ2n) is 5.42. The standard InChI is InChI=1S/C15H20N8O4.ClH/c1-21-7-9(5-11(21)13(24)18-3-4-19-15(16)17)20-14(25)12-6-10(23(26)27)8-22(12)2;/h5-8H,3-4H2,1-2H3,(H,18,24)(H,20,25)(H4,16,17,19);1H/i3D2,4D2;. The number of aromatic nitrogens is 2. The first kappa shape index (κ1) is 16.6. The van der Waals surface area contributed by atoms with Crippen molar-refractivity contribution in [3.8, 4) is 0 Å². The molecule has 2 aromatic rings. The Morgan fingerprint density at radius 2 is 1.82 bits per heavy atom. The molecule has 0 fully saturated rings. The van der Waals surface area contributed by atoms with E-state index >= 15 is 0 Å². The average Bonchev–Trinajstić information content (AvgIpc) is 3.16. The van der Waals surface area contributed by atoms with E-state index in [1.807, 2.05) is 10.3 Å². The highest BCUT2D eigenvalue weighted by molar-refractivity contribution is 6.04. The van der Waals surface area contributed by atoms with Gasteiger partial charge >= 0.3 is 5.96 Å². The molecule has 2 aromatic heterocycles. The van der Waals surface area contributed by atoms with Crippen LogP contribution in [0.3, 0.4) is 0 Å². The SMILES string of the molecule is [2H]C([2H])(NC(=O)c1cc(NC(=O)c2cc([N+](=O)[O-])cn2C)cn1C)C([2H])([2H])[NH+]=C(N)N.[Cl-]. The highest BCUT2D eigenvalue weighted by atomic mass is 35.5. The van der Waals surface area contributed by atoms with Crippen molar-refractivity contribution in [3.63, 3.8) is 0 Å². The van der Waals surface area contributed by atoms with Gasteiger partial charge in [0.1, 0.15) is 11.4 Å². The number of halogens is 1. The minimum Gasteiger partial charge on any atom is -1.00 e. The molecule has 0 bridgehead atoms. The van der Waals surface area contributed by atoms with Gasteiger partial charge < -0.3 is 32.2 Å². The first-order chi connectivity index (χ1) is 14.1. The molecule has 0 unspecified atom stereocenters. The summed E-state index contributed by atoms with van der Waals surface area (Å²) in [5.41, 5.74) is 10.1. The number of carbonyl (C=O) groups excluding carboxylic acids is 2. The van der Waals surface area contributed by atoms with Gasteiger partial charge in [0.25, 0.3) is 17.5 Å². The smallest absolute Gasteiger partial charge is 0.338 e. The van der Waals surface area contributed by atoms with Crippen LogP contribution < -0.4 is 39.5 Å². The minimum absolute atomic E-state index is 0. The predicted molar refractivity (Wildman–Crippen MR) is 97.0 cm³/mol. The lowest BCUT2D eigenvalue weighted by atomic mass is 10.3. The van der Waals surface area contributed by atoms with Crippen LogP contribution in [0.1, 0.15) is 26.5 Å². The number of anilines is 1. The number of nitrogens with one attached hydrogen (secondary N) is 3. The quantitative estimate of drug-likeness (QED) is 0.130. The van der Waals surface area contributed by atoms with Crippen LogP contribution in [0.15, 0.2) is 24.5 Å². The Bertz CT molecular complexity index is 1080. The number of hydrogen-bond acceptors (Lipinski definition) is 4. The van der Waals surface area contributed by atoms with E-state index in [1.54, 1.807) is 0 Å². The normalized spacial score (nSPS) is 13.1. The van der Waals surface area contributed by atoms with Crippen molar-refractivity contribution in [3.05, 3.63) is 46.0 Å². The van der Waals surface area contributed by atoms with Gasteiger partial charge in [-0.3, -0.25) is 36.2 Å². The van der Waals surface area contributed by atoms with E-state index in [2.05, 4.69) is 5.32 Å². The molecular weight excluding hydrogens is 392 g/mol. The van der Waals surface area contributed by atoms with E-state index < -0.39 is 35.7 Å². The van der Waals surface area contributed by atoms with Crippen LogP contribution in [0.5, 0.6) is 0 Å². The van der Waals surface area contributed by atoms with E-state index in [0.717, 1.165) is 6.07 Å². The van der Waals surface area contributed by atoms with Crippen molar-refractivity contribution in [2.75, 3.05) is 18.3 Å². The summed E-state index contributed by atoms with van der Waals surface area (Å²) in [7, 11) is 2.91. The van der Waals surface area contributed by atoms with Crippen LogP contribution >= 0.6 is 0 Å². The number of nitro groups is 1. The Kier molecular flexibility index (Phi) is 5.59. The molecule has 7 N–H and O–H groups in total. The molecule has 0 aliphatic carbocycles. The maximum Gasteiger partial charge on any atom is 0.338 e. The summed E-state index contributed by atoms with van der Waals surface area (Å²) in [4.78, 5) is 37.0. The van der Waals surface area contributed by atoms with E-state index in [9.17, 15) is 19.7 Å². The number of carbonyl (C=O) groups is 2. The Labute approximate surface area is 171 Å². The fourth-order valence-corrected chi connectivity index (χ4v) is 2.18. The molecule has 2 heterocycles. The predicted octanol–water partition coefficient (Wildman–Crippen LogP) is -5.39. The van der Waals surface area contributed by atoms with Gasteiger partial charge in [0, 0.05) is 32.9 Å². The number of guanidine groups is 1. The number of aryl methyl sites for hydroxylation is 2. The summed E-state index contributed by atoms with van der Waals surface area (Å²) in [5, 5.41) is 15.2. The second kappa shape index (κ2) is 9.41. The zero-order valence-corrected chi connectivity index (χ0v) is 15.6. The zero-order valence-electron chi connectivity index (χ0n) is 18.8. The van der Waals surface area contributed by atoms with Gasteiger partial charge in [0.05, 0.1) is 28.8 Å². The van der Waals surface area contributed by atoms with Crippen molar-refractivity contribution >= 4 is 29.1 Å². The van der Waals surface area contributed by atoms with Crippen LogP contribution in [0, 0.1) is 10.1 Å². The molecule has 152 valence electrons. The lowest BCUT2D eigenvalue weighted by molar-refractivity contribution is -0.456. The third kappa shape index (κ3) is 5.48. The van der Waals surface area contributed by atoms with Gasteiger partial charge in [0.2, 0.25) is 0 Å². The number of nitrogens with zero attached hydrogens (tertiary/aromatic N) is 3. The van der Waals surface area contributed by atoms with Gasteiger partial charge in [-0.15, -0.1) is 0 Å². The third-order valence-corrected chi connectivity index (χ3v) is 3.37. The molecule has 12 nitrogen and oxygen atoms in total. The number of nitrogens with two attached hydrogens (primary N) is 2. The molecule has 28 heavy (non-hydrogen) atoms. The molecule has 0 spiro atoms. The molecular formula is C15H21ClN8O4. The largest absolute Gasteiger partial charge is 1.00 e. The summed E-state index contributed by atoms with van der Waals surface area (Å²) in [6, 6.07) is 2.32. The maximum atomic E-state index is 12.5. The van der Waals surface area contributed by atoms with Gasteiger partial charge in [-0.25, -0.2) is 0 Å². The fourth-order valence-electron chi connectivity index (χ4n) is 2.18. The molecule has 0 saturated heterocycles. The van der Waals surface area contributed by atoms with Crippen LogP contribution in [-0.4, -0.2) is 44.8 Å². The number of amides is 2. The van der Waals surface area contributed by atoms with Crippen molar-refractivity contribution in [1.29, 1.82) is 0 Å². The van der Waals surface area contributed by atoms with E-state index in [-0.39, 0.29) is 35.2 Å². The first-order valence-corrected chi connectivity index (χ1v) is 7.41. The van der Waals surface area contributed by atoms with Gasteiger partial charge in [-0.1, -0.05) is 0 Å². The maximum absolute atomic E-state index is 12.5. The monoisotopic (exact) mass is 416 g/mol. The van der Waals surface area contributed by atoms with Gasteiger partial charge in [-0.2, -0.15) is 0 Å². The zero-order chi connectivity index (χ0) is 23.7. The van der Waals surface area contributed by atoms with Crippen LogP contribution in [0.4, 0.5) is 11.4 Å². The first-order valence-electron chi connectivity index (χ1n) is 9.41. The van der Waals surface area contributed by atoms with Gasteiger partial charge in [-0.05, 0) is 6.07 Å². The van der Waals surface area contributed by atoms with Crippen molar-refractivity contribution in [2.45, 2.75) is 0 Å². The van der Waals surface area contributed by atoms with Crippen molar-refractivity contribution in [1.82, 2.24) is 14.5 Å². The molecule has 0 radical (unpaired) electrons. The minimum atomic E-state index is -2.91. The second-order valence-corrected chi connectivity index (χ2v) is 5.42. The van der Waals surface area contributed by atoms with E-state index in [1.165, 1.54) is 41.7 Å². The van der Waals surface area contributed by atoms with Crippen LogP contribution in [0.2, 0.25) is 0 Å².